The fourth-order valence-corrected chi connectivity index (χ4v) is 6.19. The van der Waals surface area contributed by atoms with Gasteiger partial charge >= 0.3 is 5.97 Å². The van der Waals surface area contributed by atoms with Crippen molar-refractivity contribution in [2.45, 2.75) is 38.6 Å². The van der Waals surface area contributed by atoms with Crippen molar-refractivity contribution < 1.29 is 23.1 Å². The Balaban J connectivity index is 2.56. The summed E-state index contributed by atoms with van der Waals surface area (Å²) in [5, 5.41) is 12.5. The van der Waals surface area contributed by atoms with E-state index >= 15 is 0 Å². The van der Waals surface area contributed by atoms with E-state index in [2.05, 4.69) is 5.32 Å². The average Bonchev–Trinajstić information content (AvgIpc) is 2.88. The number of carbonyl (C=O) groups excluding carboxylic acids is 1. The zero-order chi connectivity index (χ0) is 19.6. The van der Waals surface area contributed by atoms with E-state index in [0.29, 0.717) is 10.3 Å². The first kappa shape index (κ1) is 20.3. The fourth-order valence-electron chi connectivity index (χ4n) is 2.78. The highest BCUT2D eigenvalue weighted by molar-refractivity contribution is 7.89. The molecule has 0 aliphatic rings. The van der Waals surface area contributed by atoms with Crippen molar-refractivity contribution in [1.82, 2.24) is 9.62 Å². The number of carboxylic acid groups (broad SMARTS) is 1. The number of hydrogen-bond acceptors (Lipinski definition) is 5. The van der Waals surface area contributed by atoms with Crippen LogP contribution in [-0.4, -0.2) is 48.8 Å². The Morgan fingerprint density at radius 3 is 2.54 bits per heavy atom. The lowest BCUT2D eigenvalue weighted by atomic mass is 10.2. The van der Waals surface area contributed by atoms with Crippen LogP contribution in [0.25, 0.3) is 10.1 Å². The first-order valence-electron chi connectivity index (χ1n) is 8.05. The lowest BCUT2D eigenvalue weighted by molar-refractivity contribution is -0.140. The van der Waals surface area contributed by atoms with Gasteiger partial charge in [0.25, 0.3) is 0 Å². The van der Waals surface area contributed by atoms with E-state index < -0.39 is 22.0 Å². The third-order valence-electron chi connectivity index (χ3n) is 4.09. The Bertz CT molecular complexity index is 949. The summed E-state index contributed by atoms with van der Waals surface area (Å²) in [7, 11) is -4.06. The van der Waals surface area contributed by atoms with E-state index in [4.69, 9.17) is 0 Å². The summed E-state index contributed by atoms with van der Waals surface area (Å²) in [5.74, 6) is -1.55. The minimum absolute atomic E-state index is 0.0341. The average molecular weight is 399 g/mol. The Kier molecular flexibility index (Phi) is 6.05. The van der Waals surface area contributed by atoms with Crippen LogP contribution in [-0.2, 0) is 19.6 Å². The van der Waals surface area contributed by atoms with E-state index in [-0.39, 0.29) is 23.9 Å². The second-order valence-electron chi connectivity index (χ2n) is 6.05. The van der Waals surface area contributed by atoms with Gasteiger partial charge in [0, 0.05) is 35.0 Å². The number of carbonyl (C=O) groups is 2. The third-order valence-corrected chi connectivity index (χ3v) is 7.64. The van der Waals surface area contributed by atoms with Crippen LogP contribution >= 0.6 is 11.3 Å². The number of aryl methyl sites for hydroxylation is 2. The summed E-state index contributed by atoms with van der Waals surface area (Å²) >= 11 is 1.38. The molecule has 0 bridgehead atoms. The number of nitrogens with one attached hydrogen (secondary N) is 1. The van der Waals surface area contributed by atoms with Crippen molar-refractivity contribution in [2.24, 2.45) is 0 Å². The second-order valence-corrected chi connectivity index (χ2v) is 9.10. The molecule has 0 spiro atoms. The minimum atomic E-state index is -4.06. The summed E-state index contributed by atoms with van der Waals surface area (Å²) in [6.07, 6.45) is 0. The summed E-state index contributed by atoms with van der Waals surface area (Å²) < 4.78 is 28.4. The van der Waals surface area contributed by atoms with Crippen molar-refractivity contribution in [2.75, 3.05) is 13.1 Å². The van der Waals surface area contributed by atoms with Crippen LogP contribution in [0.2, 0.25) is 0 Å². The van der Waals surface area contributed by atoms with Crippen LogP contribution in [0.5, 0.6) is 0 Å². The number of fused-ring (bicyclic) bond motifs is 1. The van der Waals surface area contributed by atoms with E-state index in [1.54, 1.807) is 19.1 Å². The first-order chi connectivity index (χ1) is 12.1. The summed E-state index contributed by atoms with van der Waals surface area (Å²) in [6.45, 7) is 6.17. The van der Waals surface area contributed by atoms with Gasteiger partial charge < -0.3 is 10.4 Å². The quantitative estimate of drug-likeness (QED) is 0.743. The maximum Gasteiger partial charge on any atom is 0.321 e. The molecule has 0 saturated carbocycles. The molecule has 9 heteroatoms. The molecule has 2 aromatic rings. The van der Waals surface area contributed by atoms with Gasteiger partial charge in [-0.15, -0.1) is 11.3 Å². The number of thiophene rings is 1. The first-order valence-corrected chi connectivity index (χ1v) is 10.3. The molecule has 2 rings (SSSR count). The number of rotatable bonds is 7. The molecule has 0 saturated heterocycles. The van der Waals surface area contributed by atoms with E-state index in [1.807, 2.05) is 13.0 Å². The molecule has 1 aromatic carbocycles. The van der Waals surface area contributed by atoms with Gasteiger partial charge in [-0.3, -0.25) is 9.59 Å². The normalized spacial score (nSPS) is 13.1. The van der Waals surface area contributed by atoms with Gasteiger partial charge in [0.1, 0.15) is 10.9 Å². The van der Waals surface area contributed by atoms with Gasteiger partial charge in [-0.2, -0.15) is 4.31 Å². The van der Waals surface area contributed by atoms with Gasteiger partial charge in [-0.25, -0.2) is 8.42 Å². The standard InChI is InChI=1S/C17H22N2O5S2/c1-10-6-5-7-14-15(10)25-12(3)16(14)26(23,24)19(11(2)17(21)22)9-8-18-13(4)20/h5-7,11H,8-9H2,1-4H3,(H,18,20)(H,21,22). The molecule has 1 atom stereocenters. The smallest absolute Gasteiger partial charge is 0.321 e. The van der Waals surface area contributed by atoms with Gasteiger partial charge in [0.15, 0.2) is 0 Å². The number of hydrogen-bond donors (Lipinski definition) is 2. The SMILES string of the molecule is CC(=O)NCCN(C(C)C(=O)O)S(=O)(=O)c1c(C)sc2c(C)cccc12. The van der Waals surface area contributed by atoms with Gasteiger partial charge in [0.2, 0.25) is 15.9 Å². The van der Waals surface area contributed by atoms with E-state index in [0.717, 1.165) is 14.6 Å². The van der Waals surface area contributed by atoms with Crippen LogP contribution in [0.3, 0.4) is 0 Å². The second kappa shape index (κ2) is 7.73. The predicted octanol–water partition coefficient (Wildman–Crippen LogP) is 2.12. The van der Waals surface area contributed by atoms with Crippen LogP contribution in [0.1, 0.15) is 24.3 Å². The Hall–Kier alpha value is -1.97. The zero-order valence-electron chi connectivity index (χ0n) is 15.1. The van der Waals surface area contributed by atoms with Crippen molar-refractivity contribution in [1.29, 1.82) is 0 Å². The number of carboxylic acids is 1. The molecule has 0 aliphatic carbocycles. The van der Waals surface area contributed by atoms with Crippen LogP contribution in [0, 0.1) is 13.8 Å². The van der Waals surface area contributed by atoms with E-state index in [1.165, 1.54) is 25.2 Å². The molecule has 1 amide bonds. The molecule has 0 radical (unpaired) electrons. The minimum Gasteiger partial charge on any atom is -0.480 e. The van der Waals surface area contributed by atoms with Gasteiger partial charge in [0.05, 0.1) is 0 Å². The number of sulfonamides is 1. The highest BCUT2D eigenvalue weighted by atomic mass is 32.2. The molecule has 1 unspecified atom stereocenters. The van der Waals surface area contributed by atoms with Crippen molar-refractivity contribution >= 4 is 43.3 Å². The molecule has 7 nitrogen and oxygen atoms in total. The van der Waals surface area contributed by atoms with Crippen molar-refractivity contribution in [3.8, 4) is 0 Å². The maximum absolute atomic E-state index is 13.3. The monoisotopic (exact) mass is 398 g/mol. The summed E-state index contributed by atoms with van der Waals surface area (Å²) in [4.78, 5) is 23.3. The molecule has 0 fully saturated rings. The Morgan fingerprint density at radius 1 is 1.31 bits per heavy atom. The molecule has 2 N–H and O–H groups in total. The number of benzene rings is 1. The fraction of sp³-hybridized carbons (Fsp3) is 0.412. The molecule has 1 heterocycles. The number of amides is 1. The molecular weight excluding hydrogens is 376 g/mol. The van der Waals surface area contributed by atoms with Gasteiger partial charge in [-0.05, 0) is 26.3 Å². The van der Waals surface area contributed by atoms with Crippen LogP contribution < -0.4 is 5.32 Å². The summed E-state index contributed by atoms with van der Waals surface area (Å²) in [5.41, 5.74) is 0.966. The highest BCUT2D eigenvalue weighted by Crippen LogP contribution is 2.37. The lowest BCUT2D eigenvalue weighted by Crippen LogP contribution is -2.46. The van der Waals surface area contributed by atoms with Crippen LogP contribution in [0.4, 0.5) is 0 Å². The molecule has 0 aliphatic heterocycles. The molecule has 1 aromatic heterocycles. The molecule has 26 heavy (non-hydrogen) atoms. The highest BCUT2D eigenvalue weighted by Gasteiger charge is 2.35. The third kappa shape index (κ3) is 3.89. The van der Waals surface area contributed by atoms with Crippen LogP contribution in [0.15, 0.2) is 23.1 Å². The predicted molar refractivity (Wildman–Crippen MR) is 101 cm³/mol. The largest absolute Gasteiger partial charge is 0.480 e. The van der Waals surface area contributed by atoms with E-state index in [9.17, 15) is 23.1 Å². The lowest BCUT2D eigenvalue weighted by Gasteiger charge is -2.26. The molecular formula is C17H22N2O5S2. The topological polar surface area (TPSA) is 104 Å². The number of nitrogens with zero attached hydrogens (tertiary/aromatic N) is 1. The molecule has 142 valence electrons. The summed E-state index contributed by atoms with van der Waals surface area (Å²) in [6, 6.07) is 4.16. The maximum atomic E-state index is 13.3. The van der Waals surface area contributed by atoms with Crippen molar-refractivity contribution in [3.63, 3.8) is 0 Å². The van der Waals surface area contributed by atoms with Crippen molar-refractivity contribution in [3.05, 3.63) is 28.6 Å². The Labute approximate surface area is 156 Å². The Morgan fingerprint density at radius 2 is 1.96 bits per heavy atom. The van der Waals surface area contributed by atoms with Gasteiger partial charge in [-0.1, -0.05) is 18.2 Å². The zero-order valence-corrected chi connectivity index (χ0v) is 16.7. The number of aliphatic carboxylic acids is 1.